The normalized spacial score (nSPS) is 14.2. The Hall–Kier alpha value is -3.65. The third-order valence-electron chi connectivity index (χ3n) is 5.42. The van der Waals surface area contributed by atoms with Crippen LogP contribution < -0.4 is 10.1 Å². The van der Waals surface area contributed by atoms with E-state index in [2.05, 4.69) is 10.2 Å². The van der Waals surface area contributed by atoms with Crippen molar-refractivity contribution in [1.82, 2.24) is 9.80 Å². The Kier molecular flexibility index (Phi) is 6.51. The highest BCUT2D eigenvalue weighted by Crippen LogP contribution is 2.20. The second-order valence-corrected chi connectivity index (χ2v) is 7.55. The molecule has 0 spiro atoms. The summed E-state index contributed by atoms with van der Waals surface area (Å²) in [4.78, 5) is 28.9. The van der Waals surface area contributed by atoms with E-state index in [4.69, 9.17) is 9.15 Å². The van der Waals surface area contributed by atoms with Gasteiger partial charge in [0.05, 0.1) is 13.4 Å². The van der Waals surface area contributed by atoms with E-state index >= 15 is 0 Å². The van der Waals surface area contributed by atoms with Gasteiger partial charge in [0, 0.05) is 44.0 Å². The number of benzene rings is 2. The summed E-state index contributed by atoms with van der Waals surface area (Å²) >= 11 is 0. The number of furan rings is 1. The lowest BCUT2D eigenvalue weighted by molar-refractivity contribution is 0.0628. The van der Waals surface area contributed by atoms with Gasteiger partial charge >= 0.3 is 0 Å². The van der Waals surface area contributed by atoms with Crippen LogP contribution in [-0.2, 0) is 6.54 Å². The number of rotatable bonds is 6. The third-order valence-corrected chi connectivity index (χ3v) is 5.42. The Bertz CT molecular complexity index is 1080. The first kappa shape index (κ1) is 21.6. The van der Waals surface area contributed by atoms with Crippen molar-refractivity contribution in [2.75, 3.05) is 38.6 Å². The molecule has 1 fully saturated rings. The van der Waals surface area contributed by atoms with Gasteiger partial charge in [0.15, 0.2) is 17.3 Å². The maximum atomic E-state index is 13.9. The lowest BCUT2D eigenvalue weighted by Gasteiger charge is -2.34. The summed E-state index contributed by atoms with van der Waals surface area (Å²) in [6.07, 6.45) is 1.44. The topological polar surface area (TPSA) is 75.0 Å². The van der Waals surface area contributed by atoms with Gasteiger partial charge in [0.2, 0.25) is 0 Å². The molecule has 2 heterocycles. The maximum absolute atomic E-state index is 13.9. The first-order valence-corrected chi connectivity index (χ1v) is 10.3. The van der Waals surface area contributed by atoms with E-state index in [0.717, 1.165) is 5.56 Å². The van der Waals surface area contributed by atoms with Crippen LogP contribution in [0, 0.1) is 5.82 Å². The van der Waals surface area contributed by atoms with E-state index in [9.17, 15) is 14.0 Å². The average Bonchev–Trinajstić information content (AvgIpc) is 3.35. The Labute approximate surface area is 185 Å². The van der Waals surface area contributed by atoms with Crippen molar-refractivity contribution < 1.29 is 23.1 Å². The molecule has 32 heavy (non-hydrogen) atoms. The first-order chi connectivity index (χ1) is 15.5. The van der Waals surface area contributed by atoms with Crippen LogP contribution in [0.15, 0.2) is 65.3 Å². The summed E-state index contributed by atoms with van der Waals surface area (Å²) in [6.45, 7) is 3.21. The van der Waals surface area contributed by atoms with Crippen LogP contribution in [0.4, 0.5) is 10.1 Å². The zero-order chi connectivity index (χ0) is 22.5. The van der Waals surface area contributed by atoms with Gasteiger partial charge in [-0.15, -0.1) is 0 Å². The van der Waals surface area contributed by atoms with E-state index in [1.165, 1.54) is 19.4 Å². The zero-order valence-corrected chi connectivity index (χ0v) is 17.7. The minimum absolute atomic E-state index is 0.0518. The molecule has 0 radical (unpaired) electrons. The molecule has 1 N–H and O–H groups in total. The van der Waals surface area contributed by atoms with Crippen molar-refractivity contribution >= 4 is 17.5 Å². The summed E-state index contributed by atoms with van der Waals surface area (Å²) in [5.41, 5.74) is 2.02. The fraction of sp³-hybridized carbons (Fsp3) is 0.250. The van der Waals surface area contributed by atoms with E-state index in [1.54, 1.807) is 42.5 Å². The molecule has 0 aliphatic carbocycles. The zero-order valence-electron chi connectivity index (χ0n) is 17.7. The van der Waals surface area contributed by atoms with Crippen molar-refractivity contribution in [3.63, 3.8) is 0 Å². The van der Waals surface area contributed by atoms with Gasteiger partial charge < -0.3 is 19.4 Å². The van der Waals surface area contributed by atoms with Gasteiger partial charge in [-0.2, -0.15) is 0 Å². The molecule has 0 unspecified atom stereocenters. The summed E-state index contributed by atoms with van der Waals surface area (Å²) in [5, 5.41) is 2.73. The predicted molar refractivity (Wildman–Crippen MR) is 117 cm³/mol. The molecule has 166 valence electrons. The molecule has 4 rings (SSSR count). The predicted octanol–water partition coefficient (Wildman–Crippen LogP) is 3.64. The quantitative estimate of drug-likeness (QED) is 0.637. The van der Waals surface area contributed by atoms with E-state index in [1.807, 2.05) is 11.0 Å². The lowest BCUT2D eigenvalue weighted by Crippen LogP contribution is -2.48. The number of hydrogen-bond donors (Lipinski definition) is 1. The fourth-order valence-electron chi connectivity index (χ4n) is 3.65. The van der Waals surface area contributed by atoms with Crippen molar-refractivity contribution in [2.45, 2.75) is 6.54 Å². The number of hydrogen-bond acceptors (Lipinski definition) is 5. The van der Waals surface area contributed by atoms with Gasteiger partial charge in [-0.1, -0.05) is 6.07 Å². The van der Waals surface area contributed by atoms with Crippen molar-refractivity contribution in [3.05, 3.63) is 83.6 Å². The molecule has 8 heteroatoms. The Morgan fingerprint density at radius 1 is 1.06 bits per heavy atom. The number of halogens is 1. The maximum Gasteiger partial charge on any atom is 0.291 e. The molecule has 1 aliphatic rings. The van der Waals surface area contributed by atoms with Gasteiger partial charge in [-0.05, 0) is 54.1 Å². The summed E-state index contributed by atoms with van der Waals surface area (Å²) < 4.78 is 23.9. The Morgan fingerprint density at radius 3 is 2.44 bits per heavy atom. The standard InChI is InChI=1S/C24H24FN3O4/c1-31-21-9-4-17(15-20(21)25)16-27-10-12-28(13-11-27)24(30)18-5-7-19(8-6-18)26-23(29)22-3-2-14-32-22/h2-9,14-15H,10-13,16H2,1H3,(H,26,29). The van der Waals surface area contributed by atoms with Crippen LogP contribution in [-0.4, -0.2) is 54.9 Å². The van der Waals surface area contributed by atoms with E-state index in [-0.39, 0.29) is 29.1 Å². The summed E-state index contributed by atoms with van der Waals surface area (Å²) in [6, 6.07) is 15.0. The molecule has 0 bridgehead atoms. The second kappa shape index (κ2) is 9.65. The minimum atomic E-state index is -0.373. The van der Waals surface area contributed by atoms with E-state index < -0.39 is 0 Å². The van der Waals surface area contributed by atoms with Crippen molar-refractivity contribution in [2.24, 2.45) is 0 Å². The number of piperazine rings is 1. The fourth-order valence-corrected chi connectivity index (χ4v) is 3.65. The molecule has 1 saturated heterocycles. The summed E-state index contributed by atoms with van der Waals surface area (Å²) in [5.74, 6) is -0.315. The molecule has 2 aromatic carbocycles. The smallest absolute Gasteiger partial charge is 0.291 e. The van der Waals surface area contributed by atoms with Crippen LogP contribution in [0.2, 0.25) is 0 Å². The number of amides is 2. The summed E-state index contributed by atoms with van der Waals surface area (Å²) in [7, 11) is 1.44. The Morgan fingerprint density at radius 2 is 1.81 bits per heavy atom. The highest BCUT2D eigenvalue weighted by atomic mass is 19.1. The van der Waals surface area contributed by atoms with Gasteiger partial charge in [0.25, 0.3) is 11.8 Å². The Balaban J connectivity index is 1.29. The third kappa shape index (κ3) is 4.97. The van der Waals surface area contributed by atoms with Crippen molar-refractivity contribution in [1.29, 1.82) is 0 Å². The number of ether oxygens (including phenoxy) is 1. The van der Waals surface area contributed by atoms with Crippen molar-refractivity contribution in [3.8, 4) is 5.75 Å². The molecule has 0 atom stereocenters. The molecule has 7 nitrogen and oxygen atoms in total. The average molecular weight is 437 g/mol. The van der Waals surface area contributed by atoms with Crippen LogP contribution in [0.5, 0.6) is 5.75 Å². The molecule has 1 aromatic heterocycles. The second-order valence-electron chi connectivity index (χ2n) is 7.55. The van der Waals surface area contributed by atoms with Crippen LogP contribution in [0.25, 0.3) is 0 Å². The largest absolute Gasteiger partial charge is 0.494 e. The van der Waals surface area contributed by atoms with Gasteiger partial charge in [0.1, 0.15) is 0 Å². The highest BCUT2D eigenvalue weighted by Gasteiger charge is 2.22. The van der Waals surface area contributed by atoms with Gasteiger partial charge in [-0.3, -0.25) is 14.5 Å². The van der Waals surface area contributed by atoms with Crippen LogP contribution >= 0.6 is 0 Å². The molecule has 1 aliphatic heterocycles. The lowest BCUT2D eigenvalue weighted by atomic mass is 10.1. The number of nitrogens with one attached hydrogen (secondary N) is 1. The van der Waals surface area contributed by atoms with Gasteiger partial charge in [-0.25, -0.2) is 4.39 Å². The molecular weight excluding hydrogens is 413 g/mol. The number of methoxy groups -OCH3 is 1. The molecular formula is C24H24FN3O4. The number of nitrogens with zero attached hydrogens (tertiary/aromatic N) is 2. The number of carbonyl (C=O) groups is 2. The van der Waals surface area contributed by atoms with Crippen LogP contribution in [0.3, 0.4) is 0 Å². The molecule has 2 amide bonds. The number of carbonyl (C=O) groups excluding carboxylic acids is 2. The molecule has 0 saturated carbocycles. The minimum Gasteiger partial charge on any atom is -0.494 e. The highest BCUT2D eigenvalue weighted by molar-refractivity contribution is 6.02. The van der Waals surface area contributed by atoms with Crippen LogP contribution in [0.1, 0.15) is 26.5 Å². The number of anilines is 1. The molecule has 3 aromatic rings. The SMILES string of the molecule is COc1ccc(CN2CCN(C(=O)c3ccc(NC(=O)c4ccco4)cc3)CC2)cc1F. The monoisotopic (exact) mass is 437 g/mol. The first-order valence-electron chi connectivity index (χ1n) is 10.3. The van der Waals surface area contributed by atoms with E-state index in [0.29, 0.717) is 44.0 Å².